The molecule has 2 unspecified atom stereocenters. The molecule has 0 fully saturated rings. The number of amides is 1. The van der Waals surface area contributed by atoms with Crippen molar-refractivity contribution in [2.24, 2.45) is 0 Å². The van der Waals surface area contributed by atoms with E-state index in [9.17, 15) is 19.8 Å². The molecule has 0 aliphatic heterocycles. The lowest BCUT2D eigenvalue weighted by molar-refractivity contribution is -0.143. The minimum atomic E-state index is -0.698. The summed E-state index contributed by atoms with van der Waals surface area (Å²) in [5, 5.41) is 23.2. The number of aliphatic hydroxyl groups is 2. The predicted molar refractivity (Wildman–Crippen MR) is 255 cm³/mol. The summed E-state index contributed by atoms with van der Waals surface area (Å²) in [7, 11) is 0. The second kappa shape index (κ2) is 49.0. The van der Waals surface area contributed by atoms with Crippen LogP contribution in [-0.4, -0.2) is 47.4 Å². The number of esters is 1. The molecule has 0 aromatic heterocycles. The fraction of sp³-hybridized carbons (Fsp3) is 0.887. The molecule has 0 aliphatic carbocycles. The van der Waals surface area contributed by atoms with E-state index in [1.807, 2.05) is 6.08 Å². The first-order chi connectivity index (χ1) is 29.0. The summed E-state index contributed by atoms with van der Waals surface area (Å²) in [4.78, 5) is 24.4. The summed E-state index contributed by atoms with van der Waals surface area (Å²) < 4.78 is 5.43. The Morgan fingerprint density at radius 2 is 0.864 bits per heavy atom. The van der Waals surface area contributed by atoms with Gasteiger partial charge in [-0.25, -0.2) is 0 Å². The van der Waals surface area contributed by atoms with Gasteiger partial charge in [0.05, 0.1) is 25.4 Å². The minimum Gasteiger partial charge on any atom is -0.466 e. The molecule has 0 aromatic rings. The zero-order chi connectivity index (χ0) is 43.0. The summed E-state index contributed by atoms with van der Waals surface area (Å²) >= 11 is 0. The Kier molecular flexibility index (Phi) is 47.6. The molecule has 59 heavy (non-hydrogen) atoms. The van der Waals surface area contributed by atoms with Crippen molar-refractivity contribution in [1.82, 2.24) is 5.32 Å². The van der Waals surface area contributed by atoms with Crippen LogP contribution in [0.5, 0.6) is 0 Å². The van der Waals surface area contributed by atoms with Gasteiger partial charge in [-0.3, -0.25) is 9.59 Å². The van der Waals surface area contributed by atoms with Gasteiger partial charge < -0.3 is 20.3 Å². The van der Waals surface area contributed by atoms with E-state index in [-0.39, 0.29) is 18.5 Å². The third-order valence-corrected chi connectivity index (χ3v) is 12.0. The summed E-state index contributed by atoms with van der Waals surface area (Å²) in [5.41, 5.74) is 0. The smallest absolute Gasteiger partial charge is 0.305 e. The molecule has 0 bridgehead atoms. The minimum absolute atomic E-state index is 0.0172. The van der Waals surface area contributed by atoms with Crippen molar-refractivity contribution in [3.63, 3.8) is 0 Å². The van der Waals surface area contributed by atoms with Crippen LogP contribution >= 0.6 is 0 Å². The van der Waals surface area contributed by atoms with E-state index in [1.54, 1.807) is 0 Å². The maximum atomic E-state index is 12.4. The zero-order valence-corrected chi connectivity index (χ0v) is 39.5. The number of carbonyl (C=O) groups is 2. The molecule has 0 heterocycles. The Morgan fingerprint density at radius 1 is 0.475 bits per heavy atom. The zero-order valence-electron chi connectivity index (χ0n) is 39.5. The maximum absolute atomic E-state index is 12.4. The summed E-state index contributed by atoms with van der Waals surface area (Å²) in [5.74, 6) is -0.131. The van der Waals surface area contributed by atoms with Crippen molar-refractivity contribution in [3.8, 4) is 0 Å². The first-order valence-electron chi connectivity index (χ1n) is 26.1. The van der Waals surface area contributed by atoms with E-state index in [0.29, 0.717) is 32.3 Å². The average molecular weight is 832 g/mol. The molecule has 3 N–H and O–H groups in total. The fourth-order valence-corrected chi connectivity index (χ4v) is 7.98. The second-order valence-corrected chi connectivity index (χ2v) is 17.9. The highest BCUT2D eigenvalue weighted by Gasteiger charge is 2.19. The number of ether oxygens (including phenoxy) is 1. The predicted octanol–water partition coefficient (Wildman–Crippen LogP) is 15.5. The number of rotatable bonds is 48. The van der Waals surface area contributed by atoms with Crippen LogP contribution in [0, 0.1) is 0 Å². The molecule has 2 atom stereocenters. The lowest BCUT2D eigenvalue weighted by Gasteiger charge is -2.22. The Hall–Kier alpha value is -1.66. The van der Waals surface area contributed by atoms with Gasteiger partial charge in [-0.2, -0.15) is 0 Å². The molecule has 0 rings (SSSR count). The Labute approximate surface area is 367 Å². The standard InChI is InChI=1S/C53H101NO5/c1-3-5-7-9-11-13-15-16-17-18-19-20-22-26-29-33-37-41-45-51(56)50(49-55)54-52(57)46-42-38-34-30-27-23-21-24-28-32-36-40-44-48-59-53(58)47-43-39-35-31-25-14-12-10-8-6-4-2/h23,27,34,38,50-51,55-56H,3-22,24-26,28-33,35-37,39-49H2,1-2H3,(H,54,57)/b27-23-,38-34-. The van der Waals surface area contributed by atoms with Crippen molar-refractivity contribution in [3.05, 3.63) is 24.3 Å². The molecule has 0 radical (unpaired) electrons. The van der Waals surface area contributed by atoms with Crippen molar-refractivity contribution < 1.29 is 24.5 Å². The molecule has 1 amide bonds. The van der Waals surface area contributed by atoms with E-state index in [2.05, 4.69) is 37.4 Å². The Morgan fingerprint density at radius 3 is 1.32 bits per heavy atom. The topological polar surface area (TPSA) is 95.9 Å². The summed E-state index contributed by atoms with van der Waals surface area (Å²) in [6.45, 7) is 4.89. The molecule has 0 aliphatic rings. The van der Waals surface area contributed by atoms with Gasteiger partial charge in [0.1, 0.15) is 0 Å². The maximum Gasteiger partial charge on any atom is 0.305 e. The van der Waals surface area contributed by atoms with Gasteiger partial charge in [-0.05, 0) is 44.9 Å². The van der Waals surface area contributed by atoms with Crippen molar-refractivity contribution in [1.29, 1.82) is 0 Å². The van der Waals surface area contributed by atoms with E-state index in [1.165, 1.54) is 186 Å². The van der Waals surface area contributed by atoms with Crippen LogP contribution in [0.1, 0.15) is 277 Å². The quantitative estimate of drug-likeness (QED) is 0.0322. The van der Waals surface area contributed by atoms with E-state index in [4.69, 9.17) is 4.74 Å². The van der Waals surface area contributed by atoms with E-state index >= 15 is 0 Å². The van der Waals surface area contributed by atoms with Gasteiger partial charge in [0.2, 0.25) is 5.91 Å². The van der Waals surface area contributed by atoms with Crippen LogP contribution in [0.25, 0.3) is 0 Å². The van der Waals surface area contributed by atoms with Crippen molar-refractivity contribution in [2.45, 2.75) is 289 Å². The van der Waals surface area contributed by atoms with Crippen LogP contribution in [0.3, 0.4) is 0 Å². The molecule has 348 valence electrons. The number of hydrogen-bond acceptors (Lipinski definition) is 5. The molecule has 0 saturated carbocycles. The van der Waals surface area contributed by atoms with E-state index < -0.39 is 12.1 Å². The molecule has 6 heteroatoms. The second-order valence-electron chi connectivity index (χ2n) is 17.9. The normalized spacial score (nSPS) is 12.8. The van der Waals surface area contributed by atoms with Crippen molar-refractivity contribution in [2.75, 3.05) is 13.2 Å². The summed E-state index contributed by atoms with van der Waals surface area (Å²) in [6, 6.07) is -0.585. The van der Waals surface area contributed by atoms with Crippen LogP contribution < -0.4 is 5.32 Å². The number of unbranched alkanes of at least 4 members (excludes halogenated alkanes) is 33. The van der Waals surface area contributed by atoms with Gasteiger partial charge in [-0.15, -0.1) is 0 Å². The number of aliphatic hydroxyl groups excluding tert-OH is 2. The van der Waals surface area contributed by atoms with Gasteiger partial charge in [0.15, 0.2) is 0 Å². The van der Waals surface area contributed by atoms with Gasteiger partial charge in [-0.1, -0.05) is 244 Å². The summed E-state index contributed by atoms with van der Waals surface area (Å²) in [6.07, 6.45) is 57.3. The number of allylic oxidation sites excluding steroid dienone is 4. The highest BCUT2D eigenvalue weighted by molar-refractivity contribution is 5.76. The molecule has 0 aromatic carbocycles. The third kappa shape index (κ3) is 45.7. The number of nitrogens with one attached hydrogen (secondary N) is 1. The molecular weight excluding hydrogens is 731 g/mol. The Balaban J connectivity index is 3.56. The van der Waals surface area contributed by atoms with Gasteiger partial charge >= 0.3 is 5.97 Å². The number of hydrogen-bond donors (Lipinski definition) is 3. The first-order valence-corrected chi connectivity index (χ1v) is 26.1. The first kappa shape index (κ1) is 57.3. The Bertz CT molecular complexity index is 920. The van der Waals surface area contributed by atoms with Crippen LogP contribution in [0.15, 0.2) is 24.3 Å². The molecule has 0 saturated heterocycles. The lowest BCUT2D eigenvalue weighted by atomic mass is 10.0. The lowest BCUT2D eigenvalue weighted by Crippen LogP contribution is -2.45. The molecule has 6 nitrogen and oxygen atoms in total. The van der Waals surface area contributed by atoms with E-state index in [0.717, 1.165) is 51.4 Å². The van der Waals surface area contributed by atoms with Crippen LogP contribution in [0.4, 0.5) is 0 Å². The SMILES string of the molecule is CCCCCCCCCCCCCCCCCCCCC(O)C(CO)NC(=O)CC/C=C\C/C=C\CCCCCCCCOC(=O)CCCCCCCCCCCCC. The van der Waals surface area contributed by atoms with Gasteiger partial charge in [0, 0.05) is 12.8 Å². The third-order valence-electron chi connectivity index (χ3n) is 12.0. The van der Waals surface area contributed by atoms with Crippen molar-refractivity contribution >= 4 is 11.9 Å². The van der Waals surface area contributed by atoms with Gasteiger partial charge in [0.25, 0.3) is 0 Å². The molecular formula is C53H101NO5. The number of carbonyl (C=O) groups excluding carboxylic acids is 2. The fourth-order valence-electron chi connectivity index (χ4n) is 7.98. The van der Waals surface area contributed by atoms with Crippen LogP contribution in [0.2, 0.25) is 0 Å². The highest BCUT2D eigenvalue weighted by Crippen LogP contribution is 2.16. The monoisotopic (exact) mass is 832 g/mol. The average Bonchev–Trinajstić information content (AvgIpc) is 3.24. The highest BCUT2D eigenvalue weighted by atomic mass is 16.5. The molecule has 0 spiro atoms. The van der Waals surface area contributed by atoms with Crippen LogP contribution in [-0.2, 0) is 14.3 Å². The largest absolute Gasteiger partial charge is 0.466 e.